The van der Waals surface area contributed by atoms with Gasteiger partial charge in [0.05, 0.1) is 25.9 Å². The van der Waals surface area contributed by atoms with Crippen molar-refractivity contribution in [3.8, 4) is 5.75 Å². The van der Waals surface area contributed by atoms with Crippen LogP contribution in [0.1, 0.15) is 10.4 Å². The van der Waals surface area contributed by atoms with Crippen molar-refractivity contribution in [2.24, 2.45) is 0 Å². The summed E-state index contributed by atoms with van der Waals surface area (Å²) in [7, 11) is 0. The van der Waals surface area contributed by atoms with E-state index in [0.717, 1.165) is 0 Å². The van der Waals surface area contributed by atoms with Crippen LogP contribution in [0.3, 0.4) is 0 Å². The van der Waals surface area contributed by atoms with E-state index < -0.39 is 12.7 Å². The van der Waals surface area contributed by atoms with Crippen molar-refractivity contribution in [1.82, 2.24) is 4.90 Å². The molecule has 0 aliphatic carbocycles. The lowest BCUT2D eigenvalue weighted by Gasteiger charge is -2.34. The molecule has 0 bridgehead atoms. The summed E-state index contributed by atoms with van der Waals surface area (Å²) < 4.78 is 33.8. The number of rotatable bonds is 4. The maximum atomic E-state index is 12.3. The zero-order valence-corrected chi connectivity index (χ0v) is 10.7. The highest BCUT2D eigenvalue weighted by Gasteiger charge is 2.27. The van der Waals surface area contributed by atoms with Crippen molar-refractivity contribution < 1.29 is 28.2 Å². The van der Waals surface area contributed by atoms with E-state index in [9.17, 15) is 18.7 Å². The summed E-state index contributed by atoms with van der Waals surface area (Å²) in [6, 6.07) is 5.18. The molecule has 1 amide bonds. The normalized spacial score (nSPS) is 19.2. The number of amides is 1. The summed E-state index contributed by atoms with van der Waals surface area (Å²) in [6.07, 6.45) is 0. The van der Waals surface area contributed by atoms with Gasteiger partial charge in [-0.05, 0) is 18.2 Å². The Labute approximate surface area is 114 Å². The summed E-state index contributed by atoms with van der Waals surface area (Å²) in [6.45, 7) is -2.15. The van der Waals surface area contributed by atoms with Crippen LogP contribution in [0.5, 0.6) is 5.75 Å². The van der Waals surface area contributed by atoms with Crippen LogP contribution in [0.15, 0.2) is 24.3 Å². The Morgan fingerprint density at radius 3 is 3.05 bits per heavy atom. The monoisotopic (exact) mass is 287 g/mol. The van der Waals surface area contributed by atoms with Crippen molar-refractivity contribution in [3.05, 3.63) is 29.8 Å². The SMILES string of the molecule is O=C(c1cccc(OC(F)F)c1)N1CCOCC1CO. The van der Waals surface area contributed by atoms with Crippen molar-refractivity contribution in [2.45, 2.75) is 12.7 Å². The summed E-state index contributed by atoms with van der Waals surface area (Å²) in [5.74, 6) is -0.410. The third-order valence-electron chi connectivity index (χ3n) is 3.01. The van der Waals surface area contributed by atoms with Crippen LogP contribution in [-0.4, -0.2) is 54.9 Å². The fourth-order valence-corrected chi connectivity index (χ4v) is 2.04. The summed E-state index contributed by atoms with van der Waals surface area (Å²) in [4.78, 5) is 13.8. The van der Waals surface area contributed by atoms with Crippen molar-refractivity contribution in [2.75, 3.05) is 26.4 Å². The zero-order valence-electron chi connectivity index (χ0n) is 10.7. The quantitative estimate of drug-likeness (QED) is 0.901. The predicted octanol–water partition coefficient (Wildman–Crippen LogP) is 1.12. The number of carbonyl (C=O) groups is 1. The molecule has 0 aromatic heterocycles. The topological polar surface area (TPSA) is 59.0 Å². The van der Waals surface area contributed by atoms with Crippen molar-refractivity contribution >= 4 is 5.91 Å². The lowest BCUT2D eigenvalue weighted by molar-refractivity contribution is -0.0499. The molecule has 1 aliphatic rings. The van der Waals surface area contributed by atoms with Crippen LogP contribution in [-0.2, 0) is 4.74 Å². The first-order chi connectivity index (χ1) is 9.61. The van der Waals surface area contributed by atoms with Gasteiger partial charge in [-0.2, -0.15) is 8.78 Å². The highest BCUT2D eigenvalue weighted by molar-refractivity contribution is 5.94. The lowest BCUT2D eigenvalue weighted by Crippen LogP contribution is -2.50. The number of morpholine rings is 1. The predicted molar refractivity (Wildman–Crippen MR) is 65.8 cm³/mol. The molecular formula is C13H15F2NO4. The average Bonchev–Trinajstić information content (AvgIpc) is 2.46. The van der Waals surface area contributed by atoms with E-state index in [2.05, 4.69) is 4.74 Å². The molecule has 20 heavy (non-hydrogen) atoms. The number of halogens is 2. The third-order valence-corrected chi connectivity index (χ3v) is 3.01. The molecule has 0 spiro atoms. The molecule has 1 aromatic rings. The maximum Gasteiger partial charge on any atom is 0.387 e. The Kier molecular flexibility index (Phi) is 4.86. The van der Waals surface area contributed by atoms with Crippen molar-refractivity contribution in [3.63, 3.8) is 0 Å². The van der Waals surface area contributed by atoms with Gasteiger partial charge in [0, 0.05) is 12.1 Å². The number of ether oxygens (including phenoxy) is 2. The van der Waals surface area contributed by atoms with Crippen LogP contribution >= 0.6 is 0 Å². The lowest BCUT2D eigenvalue weighted by atomic mass is 10.1. The van der Waals surface area contributed by atoms with E-state index in [-0.39, 0.29) is 30.4 Å². The highest BCUT2D eigenvalue weighted by Crippen LogP contribution is 2.19. The van der Waals surface area contributed by atoms with Gasteiger partial charge in [-0.1, -0.05) is 6.07 Å². The van der Waals surface area contributed by atoms with Gasteiger partial charge in [0.25, 0.3) is 5.91 Å². The Balaban J connectivity index is 2.15. The first-order valence-electron chi connectivity index (χ1n) is 6.16. The number of benzene rings is 1. The molecule has 1 unspecified atom stereocenters. The van der Waals surface area contributed by atoms with Crippen LogP contribution in [0.2, 0.25) is 0 Å². The molecule has 1 aromatic carbocycles. The Morgan fingerprint density at radius 2 is 2.35 bits per heavy atom. The number of carbonyl (C=O) groups excluding carboxylic acids is 1. The first-order valence-corrected chi connectivity index (χ1v) is 6.16. The molecule has 1 fully saturated rings. The number of hydrogen-bond acceptors (Lipinski definition) is 4. The fourth-order valence-electron chi connectivity index (χ4n) is 2.04. The summed E-state index contributed by atoms with van der Waals surface area (Å²) >= 11 is 0. The third kappa shape index (κ3) is 3.43. The van der Waals surface area contributed by atoms with E-state index in [0.29, 0.717) is 13.2 Å². The molecule has 1 N–H and O–H groups in total. The van der Waals surface area contributed by atoms with Crippen LogP contribution in [0, 0.1) is 0 Å². The molecule has 0 radical (unpaired) electrons. The van der Waals surface area contributed by atoms with E-state index in [1.165, 1.54) is 29.2 Å². The van der Waals surface area contributed by atoms with Gasteiger partial charge in [0.1, 0.15) is 5.75 Å². The minimum Gasteiger partial charge on any atom is -0.435 e. The number of hydrogen-bond donors (Lipinski definition) is 1. The van der Waals surface area contributed by atoms with Gasteiger partial charge in [0.2, 0.25) is 0 Å². The van der Waals surface area contributed by atoms with Gasteiger partial charge in [-0.15, -0.1) is 0 Å². The second-order valence-corrected chi connectivity index (χ2v) is 4.32. The second-order valence-electron chi connectivity index (χ2n) is 4.32. The first kappa shape index (κ1) is 14.7. The molecule has 1 atom stereocenters. The standard InChI is InChI=1S/C13H15F2NO4/c14-13(15)20-11-3-1-2-9(6-11)12(18)16-4-5-19-8-10(16)7-17/h1-3,6,10,13,17H,4-5,7-8H2. The van der Waals surface area contributed by atoms with Gasteiger partial charge >= 0.3 is 6.61 Å². The maximum absolute atomic E-state index is 12.3. The zero-order chi connectivity index (χ0) is 14.5. The van der Waals surface area contributed by atoms with Gasteiger partial charge < -0.3 is 19.5 Å². The van der Waals surface area contributed by atoms with Gasteiger partial charge in [-0.3, -0.25) is 4.79 Å². The molecule has 1 heterocycles. The van der Waals surface area contributed by atoms with E-state index in [4.69, 9.17) is 4.74 Å². The molecule has 5 nitrogen and oxygen atoms in total. The number of alkyl halides is 2. The van der Waals surface area contributed by atoms with Crippen LogP contribution in [0.4, 0.5) is 8.78 Å². The minimum absolute atomic E-state index is 0.0698. The molecule has 0 saturated carbocycles. The largest absolute Gasteiger partial charge is 0.435 e. The summed E-state index contributed by atoms with van der Waals surface area (Å²) in [5, 5.41) is 9.23. The molecule has 1 aliphatic heterocycles. The van der Waals surface area contributed by atoms with Crippen LogP contribution in [0.25, 0.3) is 0 Å². The second kappa shape index (κ2) is 6.62. The van der Waals surface area contributed by atoms with Crippen molar-refractivity contribution in [1.29, 1.82) is 0 Å². The van der Waals surface area contributed by atoms with Gasteiger partial charge in [0.15, 0.2) is 0 Å². The number of aliphatic hydroxyl groups is 1. The Bertz CT molecular complexity index is 469. The molecule has 110 valence electrons. The number of aliphatic hydroxyl groups excluding tert-OH is 1. The number of nitrogens with zero attached hydrogens (tertiary/aromatic N) is 1. The van der Waals surface area contributed by atoms with E-state index in [1.807, 2.05) is 0 Å². The molecule has 7 heteroatoms. The molecule has 1 saturated heterocycles. The van der Waals surface area contributed by atoms with E-state index >= 15 is 0 Å². The summed E-state index contributed by atoms with van der Waals surface area (Å²) in [5.41, 5.74) is 0.239. The Hall–Kier alpha value is -1.73. The highest BCUT2D eigenvalue weighted by atomic mass is 19.3. The fraction of sp³-hybridized carbons (Fsp3) is 0.462. The van der Waals surface area contributed by atoms with Gasteiger partial charge in [-0.25, -0.2) is 0 Å². The Morgan fingerprint density at radius 1 is 1.55 bits per heavy atom. The average molecular weight is 287 g/mol. The minimum atomic E-state index is -2.94. The van der Waals surface area contributed by atoms with Crippen LogP contribution < -0.4 is 4.74 Å². The van der Waals surface area contributed by atoms with E-state index in [1.54, 1.807) is 0 Å². The molecular weight excluding hydrogens is 272 g/mol. The smallest absolute Gasteiger partial charge is 0.387 e. The molecule has 2 rings (SSSR count).